The van der Waals surface area contributed by atoms with E-state index in [1.54, 1.807) is 11.6 Å². The molecule has 1 aliphatic rings. The van der Waals surface area contributed by atoms with Gasteiger partial charge in [-0.15, -0.1) is 11.3 Å². The van der Waals surface area contributed by atoms with Crippen LogP contribution >= 0.6 is 11.3 Å². The molecule has 5 N–H and O–H groups in total. The van der Waals surface area contributed by atoms with Crippen molar-refractivity contribution in [2.45, 2.75) is 31.4 Å². The Hall–Kier alpha value is -2.46. The molecule has 26 heavy (non-hydrogen) atoms. The summed E-state index contributed by atoms with van der Waals surface area (Å²) >= 11 is 1.37. The summed E-state index contributed by atoms with van der Waals surface area (Å²) < 4.78 is 1.60. The molecule has 2 aromatic heterocycles. The van der Waals surface area contributed by atoms with Crippen molar-refractivity contribution in [1.82, 2.24) is 25.2 Å². The number of rotatable bonds is 6. The third kappa shape index (κ3) is 4.20. The second-order valence-corrected chi connectivity index (χ2v) is 7.31. The molecule has 9 nitrogen and oxygen atoms in total. The second-order valence-electron chi connectivity index (χ2n) is 6.42. The monoisotopic (exact) mass is 378 g/mol. The zero-order valence-electron chi connectivity index (χ0n) is 14.4. The minimum atomic E-state index is -0.749. The Morgan fingerprint density at radius 2 is 2.27 bits per heavy atom. The third-order valence-electron chi connectivity index (χ3n) is 4.52. The molecule has 1 saturated carbocycles. The minimum absolute atomic E-state index is 0.121. The zero-order chi connectivity index (χ0) is 18.7. The maximum atomic E-state index is 12.3. The van der Waals surface area contributed by atoms with Crippen LogP contribution in [0.25, 0.3) is 0 Å². The van der Waals surface area contributed by atoms with Gasteiger partial charge in [0, 0.05) is 31.3 Å². The summed E-state index contributed by atoms with van der Waals surface area (Å²) in [5.41, 5.74) is 6.83. The number of aryl methyl sites for hydroxylation is 1. The highest BCUT2D eigenvalue weighted by molar-refractivity contribution is 7.13. The summed E-state index contributed by atoms with van der Waals surface area (Å²) in [6.45, 7) is 0.459. The molecule has 0 spiro atoms. The van der Waals surface area contributed by atoms with Gasteiger partial charge >= 0.3 is 0 Å². The quantitative estimate of drug-likeness (QED) is 0.544. The van der Waals surface area contributed by atoms with E-state index in [1.807, 2.05) is 5.38 Å². The lowest BCUT2D eigenvalue weighted by Gasteiger charge is -2.16. The number of aliphatic hydroxyl groups excluding tert-OH is 1. The molecule has 1 fully saturated rings. The molecular formula is C16H22N6O3S. The van der Waals surface area contributed by atoms with Crippen molar-refractivity contribution in [2.75, 3.05) is 12.3 Å². The molecule has 3 atom stereocenters. The normalized spacial score (nSPS) is 22.3. The molecule has 0 aliphatic heterocycles. The number of aromatic nitrogens is 3. The first-order valence-electron chi connectivity index (χ1n) is 8.37. The summed E-state index contributed by atoms with van der Waals surface area (Å²) in [7, 11) is 1.72. The Labute approximate surface area is 154 Å². The van der Waals surface area contributed by atoms with Crippen molar-refractivity contribution >= 4 is 28.3 Å². The predicted molar refractivity (Wildman–Crippen MR) is 96.4 cm³/mol. The lowest BCUT2D eigenvalue weighted by Crippen LogP contribution is -2.40. The van der Waals surface area contributed by atoms with Crippen LogP contribution < -0.4 is 16.4 Å². The first-order chi connectivity index (χ1) is 12.4. The van der Waals surface area contributed by atoms with Gasteiger partial charge in [0.1, 0.15) is 5.69 Å². The first-order valence-corrected chi connectivity index (χ1v) is 9.25. The molecule has 0 bridgehead atoms. The third-order valence-corrected chi connectivity index (χ3v) is 5.24. The fourth-order valence-electron chi connectivity index (χ4n) is 3.10. The highest BCUT2D eigenvalue weighted by Crippen LogP contribution is 2.26. The maximum absolute atomic E-state index is 12.3. The SMILES string of the molecule is Cn1cncc1C(=O)N[C@H]1C[C@H](C(=O)NCCc2csc(N)n2)C[C@@H]1O. The van der Waals surface area contributed by atoms with E-state index in [-0.39, 0.29) is 17.7 Å². The smallest absolute Gasteiger partial charge is 0.269 e. The van der Waals surface area contributed by atoms with Crippen molar-refractivity contribution in [3.05, 3.63) is 29.3 Å². The van der Waals surface area contributed by atoms with Crippen LogP contribution in [-0.2, 0) is 18.3 Å². The molecule has 0 aromatic carbocycles. The standard InChI is InChI=1S/C16H22N6O3S/c1-22-8-18-6-12(22)15(25)21-11-4-9(5-13(11)23)14(24)19-3-2-10-7-26-16(17)20-10/h6-9,11,13,23H,2-5H2,1H3,(H2,17,20)(H,19,24)(H,21,25)/t9-,11-,13-/m0/s1. The van der Waals surface area contributed by atoms with Crippen molar-refractivity contribution in [3.8, 4) is 0 Å². The van der Waals surface area contributed by atoms with Crippen molar-refractivity contribution in [2.24, 2.45) is 13.0 Å². The summed E-state index contributed by atoms with van der Waals surface area (Å²) in [5.74, 6) is -0.761. The lowest BCUT2D eigenvalue weighted by molar-refractivity contribution is -0.125. The van der Waals surface area contributed by atoms with Crippen LogP contribution in [0.15, 0.2) is 17.9 Å². The Morgan fingerprint density at radius 1 is 1.46 bits per heavy atom. The van der Waals surface area contributed by atoms with Gasteiger partial charge in [0.15, 0.2) is 5.13 Å². The van der Waals surface area contributed by atoms with Gasteiger partial charge < -0.3 is 26.0 Å². The number of thiazole rings is 1. The number of hydrogen-bond donors (Lipinski definition) is 4. The van der Waals surface area contributed by atoms with Gasteiger partial charge in [-0.05, 0) is 12.8 Å². The molecule has 2 heterocycles. The zero-order valence-corrected chi connectivity index (χ0v) is 15.2. The van der Waals surface area contributed by atoms with Crippen LogP contribution in [0.4, 0.5) is 5.13 Å². The molecule has 3 rings (SSSR count). The predicted octanol–water partition coefficient (Wildman–Crippen LogP) is -0.313. The molecular weight excluding hydrogens is 356 g/mol. The van der Waals surface area contributed by atoms with Gasteiger partial charge in [0.25, 0.3) is 5.91 Å². The number of nitrogens with two attached hydrogens (primary N) is 1. The van der Waals surface area contributed by atoms with Crippen LogP contribution in [0, 0.1) is 5.92 Å². The molecule has 0 radical (unpaired) electrons. The first kappa shape index (κ1) is 18.3. The number of carbonyl (C=O) groups is 2. The number of aliphatic hydroxyl groups is 1. The number of nitrogens with zero attached hydrogens (tertiary/aromatic N) is 3. The van der Waals surface area contributed by atoms with Crippen LogP contribution in [0.1, 0.15) is 29.0 Å². The second kappa shape index (κ2) is 7.83. The molecule has 0 saturated heterocycles. The van der Waals surface area contributed by atoms with E-state index in [0.29, 0.717) is 36.6 Å². The number of imidazole rings is 1. The van der Waals surface area contributed by atoms with Crippen LogP contribution in [0.2, 0.25) is 0 Å². The van der Waals surface area contributed by atoms with E-state index in [9.17, 15) is 14.7 Å². The summed E-state index contributed by atoms with van der Waals surface area (Å²) in [4.78, 5) is 32.6. The van der Waals surface area contributed by atoms with Gasteiger partial charge in [-0.1, -0.05) is 0 Å². The molecule has 10 heteroatoms. The number of anilines is 1. The number of amides is 2. The Bertz CT molecular complexity index is 789. The molecule has 2 amide bonds. The number of hydrogen-bond acceptors (Lipinski definition) is 7. The number of nitrogen functional groups attached to an aromatic ring is 1. The highest BCUT2D eigenvalue weighted by Gasteiger charge is 2.37. The maximum Gasteiger partial charge on any atom is 0.269 e. The molecule has 2 aromatic rings. The van der Waals surface area contributed by atoms with E-state index in [2.05, 4.69) is 20.6 Å². The summed E-state index contributed by atoms with van der Waals surface area (Å²) in [6.07, 6.45) is 3.58. The minimum Gasteiger partial charge on any atom is -0.391 e. The van der Waals surface area contributed by atoms with Gasteiger partial charge in [0.05, 0.1) is 30.4 Å². The van der Waals surface area contributed by atoms with Crippen LogP contribution in [-0.4, -0.2) is 50.1 Å². The number of carbonyl (C=O) groups excluding carboxylic acids is 2. The van der Waals surface area contributed by atoms with Crippen LogP contribution in [0.3, 0.4) is 0 Å². The largest absolute Gasteiger partial charge is 0.391 e. The number of nitrogens with one attached hydrogen (secondary N) is 2. The molecule has 1 aliphatic carbocycles. The fourth-order valence-corrected chi connectivity index (χ4v) is 3.70. The van der Waals surface area contributed by atoms with E-state index >= 15 is 0 Å². The molecule has 140 valence electrons. The van der Waals surface area contributed by atoms with Crippen LogP contribution in [0.5, 0.6) is 0 Å². The Balaban J connectivity index is 1.47. The fraction of sp³-hybridized carbons (Fsp3) is 0.500. The van der Waals surface area contributed by atoms with Gasteiger partial charge in [-0.25, -0.2) is 9.97 Å². The van der Waals surface area contributed by atoms with E-state index in [1.165, 1.54) is 23.9 Å². The van der Waals surface area contributed by atoms with E-state index < -0.39 is 12.1 Å². The van der Waals surface area contributed by atoms with E-state index in [4.69, 9.17) is 5.73 Å². The highest BCUT2D eigenvalue weighted by atomic mass is 32.1. The Kier molecular flexibility index (Phi) is 5.52. The topological polar surface area (TPSA) is 135 Å². The summed E-state index contributed by atoms with van der Waals surface area (Å²) in [5, 5.41) is 18.2. The summed E-state index contributed by atoms with van der Waals surface area (Å²) in [6, 6.07) is -0.452. The molecule has 0 unspecified atom stereocenters. The van der Waals surface area contributed by atoms with Gasteiger partial charge in [-0.2, -0.15) is 0 Å². The van der Waals surface area contributed by atoms with Crippen molar-refractivity contribution in [3.63, 3.8) is 0 Å². The van der Waals surface area contributed by atoms with Crippen molar-refractivity contribution in [1.29, 1.82) is 0 Å². The average Bonchev–Trinajstić information content (AvgIpc) is 3.29. The Morgan fingerprint density at radius 3 is 2.92 bits per heavy atom. The average molecular weight is 378 g/mol. The van der Waals surface area contributed by atoms with E-state index in [0.717, 1.165) is 5.69 Å². The lowest BCUT2D eigenvalue weighted by atomic mass is 10.1. The van der Waals surface area contributed by atoms with Gasteiger partial charge in [0.2, 0.25) is 5.91 Å². The van der Waals surface area contributed by atoms with Crippen molar-refractivity contribution < 1.29 is 14.7 Å². The van der Waals surface area contributed by atoms with Gasteiger partial charge in [-0.3, -0.25) is 9.59 Å².